The van der Waals surface area contributed by atoms with Gasteiger partial charge in [-0.2, -0.15) is 0 Å². The number of nitrogens with zero attached hydrogens (tertiary/aromatic N) is 1. The van der Waals surface area contributed by atoms with Crippen molar-refractivity contribution < 1.29 is 14.3 Å². The maximum Gasteiger partial charge on any atom is 0.244 e. The van der Waals surface area contributed by atoms with Gasteiger partial charge in [0, 0.05) is 11.4 Å². The van der Waals surface area contributed by atoms with Crippen LogP contribution in [0.2, 0.25) is 0 Å². The number of para-hydroxylation sites is 2. The largest absolute Gasteiger partial charge is 0.495 e. The molecule has 0 bridgehead atoms. The highest BCUT2D eigenvalue weighted by atomic mass is 32.2. The first kappa shape index (κ1) is 20.3. The molecule has 2 amide bonds. The molecular weight excluding hydrogens is 372 g/mol. The number of carbonyl (C=O) groups excluding carboxylic acids is 2. The maximum absolute atomic E-state index is 12.6. The number of aryl methyl sites for hydroxylation is 2. The van der Waals surface area contributed by atoms with Crippen molar-refractivity contribution in [3.63, 3.8) is 0 Å². The van der Waals surface area contributed by atoms with Gasteiger partial charge in [-0.3, -0.25) is 9.59 Å². The molecule has 28 heavy (non-hydrogen) atoms. The number of benzene rings is 2. The average molecular weight is 399 g/mol. The molecular formula is C22H26N2O3S. The van der Waals surface area contributed by atoms with Gasteiger partial charge in [-0.1, -0.05) is 18.2 Å². The van der Waals surface area contributed by atoms with Crippen LogP contribution in [0.3, 0.4) is 0 Å². The highest BCUT2D eigenvalue weighted by molar-refractivity contribution is 8.00. The Balaban J connectivity index is 1.53. The number of nitrogens with one attached hydrogen (secondary N) is 1. The van der Waals surface area contributed by atoms with Gasteiger partial charge in [0.05, 0.1) is 25.1 Å². The van der Waals surface area contributed by atoms with Crippen molar-refractivity contribution in [2.75, 3.05) is 31.3 Å². The monoisotopic (exact) mass is 398 g/mol. The summed E-state index contributed by atoms with van der Waals surface area (Å²) in [7, 11) is 1.56. The fourth-order valence-electron chi connectivity index (χ4n) is 3.36. The molecule has 0 aliphatic heterocycles. The molecule has 0 saturated carbocycles. The smallest absolute Gasteiger partial charge is 0.244 e. The lowest BCUT2D eigenvalue weighted by Gasteiger charge is -2.20. The lowest BCUT2D eigenvalue weighted by Crippen LogP contribution is -2.38. The second-order valence-corrected chi connectivity index (χ2v) is 7.78. The first-order valence-electron chi connectivity index (χ1n) is 9.56. The van der Waals surface area contributed by atoms with Crippen LogP contribution in [0.5, 0.6) is 5.75 Å². The molecule has 0 unspecified atom stereocenters. The molecule has 0 atom stereocenters. The van der Waals surface area contributed by atoms with E-state index in [1.807, 2.05) is 19.1 Å². The Hall–Kier alpha value is -2.47. The zero-order valence-corrected chi connectivity index (χ0v) is 17.2. The van der Waals surface area contributed by atoms with Crippen LogP contribution < -0.4 is 10.1 Å². The van der Waals surface area contributed by atoms with Gasteiger partial charge >= 0.3 is 0 Å². The second kappa shape index (κ2) is 9.64. The van der Waals surface area contributed by atoms with Crippen LogP contribution in [0.15, 0.2) is 47.4 Å². The van der Waals surface area contributed by atoms with E-state index < -0.39 is 0 Å². The van der Waals surface area contributed by atoms with Gasteiger partial charge < -0.3 is 15.0 Å². The summed E-state index contributed by atoms with van der Waals surface area (Å²) in [4.78, 5) is 27.7. The summed E-state index contributed by atoms with van der Waals surface area (Å²) in [5.41, 5.74) is 3.44. The molecule has 2 aromatic carbocycles. The topological polar surface area (TPSA) is 58.6 Å². The lowest BCUT2D eigenvalue weighted by atomic mass is 10.1. The quantitative estimate of drug-likeness (QED) is 0.688. The Bertz CT molecular complexity index is 853. The third-order valence-electron chi connectivity index (χ3n) is 4.88. The minimum atomic E-state index is -0.234. The normalized spacial score (nSPS) is 12.4. The molecule has 1 aliphatic carbocycles. The van der Waals surface area contributed by atoms with Crippen molar-refractivity contribution in [3.8, 4) is 5.75 Å². The molecule has 0 radical (unpaired) electrons. The molecule has 148 valence electrons. The van der Waals surface area contributed by atoms with E-state index in [0.717, 1.165) is 17.7 Å². The maximum atomic E-state index is 12.6. The van der Waals surface area contributed by atoms with E-state index >= 15 is 0 Å². The number of amides is 2. The summed E-state index contributed by atoms with van der Waals surface area (Å²) in [6.45, 7) is 2.40. The average Bonchev–Trinajstić information content (AvgIpc) is 3.18. The Morgan fingerprint density at radius 3 is 2.71 bits per heavy atom. The standard InChI is InChI=1S/C22H26N2O3S/c1-3-24(14-21(25)23-19-9-4-5-10-20(19)27-2)22(26)15-28-18-12-11-16-7-6-8-17(16)13-18/h4-5,9-13H,3,6-8,14-15H2,1-2H3,(H,23,25). The number of anilines is 1. The number of rotatable bonds is 8. The van der Waals surface area contributed by atoms with Gasteiger partial charge in [0.25, 0.3) is 0 Å². The summed E-state index contributed by atoms with van der Waals surface area (Å²) in [5.74, 6) is 0.650. The summed E-state index contributed by atoms with van der Waals surface area (Å²) >= 11 is 1.53. The van der Waals surface area contributed by atoms with Crippen LogP contribution in [0.25, 0.3) is 0 Å². The fraction of sp³-hybridized carbons (Fsp3) is 0.364. The zero-order chi connectivity index (χ0) is 19.9. The van der Waals surface area contributed by atoms with Gasteiger partial charge in [-0.25, -0.2) is 0 Å². The van der Waals surface area contributed by atoms with Crippen LogP contribution in [0, 0.1) is 0 Å². The third kappa shape index (κ3) is 5.07. The summed E-state index contributed by atoms with van der Waals surface area (Å²) in [6, 6.07) is 13.7. The number of fused-ring (bicyclic) bond motifs is 1. The number of likely N-dealkylation sites (N-methyl/N-ethyl adjacent to an activating group) is 1. The van der Waals surface area contributed by atoms with E-state index in [9.17, 15) is 9.59 Å². The van der Waals surface area contributed by atoms with E-state index in [4.69, 9.17) is 4.74 Å². The Kier molecular flexibility index (Phi) is 6.98. The molecule has 5 nitrogen and oxygen atoms in total. The minimum absolute atomic E-state index is 0.0259. The van der Waals surface area contributed by atoms with Crippen molar-refractivity contribution >= 4 is 29.3 Å². The van der Waals surface area contributed by atoms with Gasteiger partial charge in [0.1, 0.15) is 5.75 Å². The molecule has 0 heterocycles. The van der Waals surface area contributed by atoms with Crippen LogP contribution in [-0.2, 0) is 22.4 Å². The molecule has 0 aromatic heterocycles. The Labute approximate surface area is 170 Å². The predicted octanol–water partition coefficient (Wildman–Crippen LogP) is 3.76. The fourth-order valence-corrected chi connectivity index (χ4v) is 4.22. The molecule has 6 heteroatoms. The van der Waals surface area contributed by atoms with Gasteiger partial charge in [-0.15, -0.1) is 11.8 Å². The number of methoxy groups -OCH3 is 1. The molecule has 1 N–H and O–H groups in total. The summed E-state index contributed by atoms with van der Waals surface area (Å²) in [5, 5.41) is 2.82. The molecule has 1 aliphatic rings. The van der Waals surface area contributed by atoms with E-state index in [1.54, 1.807) is 24.1 Å². The number of thioether (sulfide) groups is 1. The predicted molar refractivity (Wildman–Crippen MR) is 113 cm³/mol. The zero-order valence-electron chi connectivity index (χ0n) is 16.4. The number of carbonyl (C=O) groups is 2. The van der Waals surface area contributed by atoms with Crippen molar-refractivity contribution in [2.45, 2.75) is 31.1 Å². The number of ether oxygens (including phenoxy) is 1. The van der Waals surface area contributed by atoms with Gasteiger partial charge in [0.2, 0.25) is 11.8 Å². The van der Waals surface area contributed by atoms with Gasteiger partial charge in [-0.05, 0) is 61.6 Å². The van der Waals surface area contributed by atoms with E-state index in [0.29, 0.717) is 23.7 Å². The van der Waals surface area contributed by atoms with Crippen molar-refractivity contribution in [3.05, 3.63) is 53.6 Å². The number of hydrogen-bond donors (Lipinski definition) is 1. The van der Waals surface area contributed by atoms with Crippen molar-refractivity contribution in [2.24, 2.45) is 0 Å². The molecule has 3 rings (SSSR count). The molecule has 0 saturated heterocycles. The molecule has 0 fully saturated rings. The van der Waals surface area contributed by atoms with Gasteiger partial charge in [0.15, 0.2) is 0 Å². The highest BCUT2D eigenvalue weighted by Crippen LogP contribution is 2.28. The molecule has 2 aromatic rings. The summed E-state index contributed by atoms with van der Waals surface area (Å²) in [6.07, 6.45) is 3.50. The van der Waals surface area contributed by atoms with Crippen LogP contribution in [0.4, 0.5) is 5.69 Å². The van der Waals surface area contributed by atoms with Crippen molar-refractivity contribution in [1.82, 2.24) is 4.90 Å². The summed E-state index contributed by atoms with van der Waals surface area (Å²) < 4.78 is 5.25. The SMILES string of the molecule is CCN(CC(=O)Nc1ccccc1OC)C(=O)CSc1ccc2c(c1)CCC2. The third-order valence-corrected chi connectivity index (χ3v) is 5.86. The first-order valence-corrected chi connectivity index (χ1v) is 10.5. The van der Waals surface area contributed by atoms with Crippen LogP contribution >= 0.6 is 11.8 Å². The first-order chi connectivity index (χ1) is 13.6. The van der Waals surface area contributed by atoms with E-state index in [-0.39, 0.29) is 18.4 Å². The van der Waals surface area contributed by atoms with E-state index in [2.05, 4.69) is 23.5 Å². The Morgan fingerprint density at radius 2 is 1.93 bits per heavy atom. The second-order valence-electron chi connectivity index (χ2n) is 6.73. The lowest BCUT2D eigenvalue weighted by molar-refractivity contribution is -0.132. The van der Waals surface area contributed by atoms with E-state index in [1.165, 1.54) is 29.3 Å². The van der Waals surface area contributed by atoms with Crippen LogP contribution in [-0.4, -0.2) is 42.7 Å². The highest BCUT2D eigenvalue weighted by Gasteiger charge is 2.17. The van der Waals surface area contributed by atoms with Crippen LogP contribution in [0.1, 0.15) is 24.5 Å². The van der Waals surface area contributed by atoms with Crippen molar-refractivity contribution in [1.29, 1.82) is 0 Å². The Morgan fingerprint density at radius 1 is 1.14 bits per heavy atom. The number of hydrogen-bond acceptors (Lipinski definition) is 4. The molecule has 0 spiro atoms. The minimum Gasteiger partial charge on any atom is -0.495 e.